The molecule has 3 heterocycles. The number of nitrogens with zero attached hydrogens (tertiary/aromatic N) is 2. The Morgan fingerprint density at radius 2 is 1.24 bits per heavy atom. The maximum Gasteiger partial charge on any atom is 0.373 e. The lowest BCUT2D eigenvalue weighted by molar-refractivity contribution is -0.697. The van der Waals surface area contributed by atoms with E-state index in [1.807, 2.05) is 0 Å². The molecule has 9 rings (SSSR count). The van der Waals surface area contributed by atoms with Gasteiger partial charge in [0.2, 0.25) is 0 Å². The Kier molecular flexibility index (Phi) is 4.72. The molecule has 0 fully saturated rings. The number of hydrogen-bond donors (Lipinski definition) is 0. The van der Waals surface area contributed by atoms with Crippen LogP contribution in [0.2, 0.25) is 0 Å². The molecule has 0 amide bonds. The minimum Gasteiger partial charge on any atom is -1.00 e. The lowest BCUT2D eigenvalue weighted by Crippen LogP contribution is -3.00. The molecule has 0 radical (unpaired) electrons. The third-order valence-electron chi connectivity index (χ3n) is 8.73. The molecule has 0 spiro atoms. The minimum atomic E-state index is 0. The Balaban J connectivity index is 0.00000225. The van der Waals surface area contributed by atoms with Crippen LogP contribution in [0.15, 0.2) is 103 Å². The molecule has 0 bridgehead atoms. The number of benzene rings is 4. The average molecular weight is 561 g/mol. The number of halogens is 1. The standard InChI is InChI=1S/C33H25N2O2.BrH/c1-3-9-20(10-4-1)24-15-7-13-22-17-26-30(28(22)24)34-19-35-31-27(37-33(35)32(34)36-26)18-23-14-8-16-25(29(23)31)21-11-5-2-6-12-21;/h1-16,19,26-27,30-31H,17-18H2;1H/q+1;/p-1/t26-,27-,30-,31-;/m0./s1. The van der Waals surface area contributed by atoms with Crippen LogP contribution in [0.1, 0.15) is 34.3 Å². The molecule has 0 N–H and O–H groups in total. The van der Waals surface area contributed by atoms with Crippen molar-refractivity contribution < 1.29 is 31.0 Å². The quantitative estimate of drug-likeness (QED) is 0.310. The molecule has 2 aliphatic carbocycles. The summed E-state index contributed by atoms with van der Waals surface area (Å²) in [5.41, 5.74) is 10.7. The second kappa shape index (κ2) is 8.08. The van der Waals surface area contributed by atoms with Crippen molar-refractivity contribution >= 4 is 0 Å². The molecular formula is C33H25BrN2O2. The zero-order valence-electron chi connectivity index (χ0n) is 20.6. The van der Waals surface area contributed by atoms with Gasteiger partial charge in [-0.2, -0.15) is 9.13 Å². The smallest absolute Gasteiger partial charge is 0.373 e. The highest BCUT2D eigenvalue weighted by molar-refractivity contribution is 5.72. The first-order valence-corrected chi connectivity index (χ1v) is 13.2. The summed E-state index contributed by atoms with van der Waals surface area (Å²) in [6.07, 6.45) is 4.34. The van der Waals surface area contributed by atoms with Crippen LogP contribution in [-0.2, 0) is 12.8 Å². The topological polar surface area (TPSA) is 27.3 Å². The third-order valence-corrected chi connectivity index (χ3v) is 8.73. The molecule has 5 heteroatoms. The van der Waals surface area contributed by atoms with Crippen molar-refractivity contribution in [2.45, 2.75) is 37.1 Å². The second-order valence-corrected chi connectivity index (χ2v) is 10.6. The van der Waals surface area contributed by atoms with Gasteiger partial charge >= 0.3 is 11.8 Å². The van der Waals surface area contributed by atoms with Gasteiger partial charge in [-0.05, 0) is 33.4 Å². The van der Waals surface area contributed by atoms with Crippen molar-refractivity contribution in [2.24, 2.45) is 0 Å². The van der Waals surface area contributed by atoms with E-state index in [0.29, 0.717) is 0 Å². The highest BCUT2D eigenvalue weighted by atomic mass is 79.9. The first kappa shape index (κ1) is 22.2. The van der Waals surface area contributed by atoms with Gasteiger partial charge in [-0.15, -0.1) is 0 Å². The lowest BCUT2D eigenvalue weighted by Gasteiger charge is -2.14. The molecule has 0 saturated carbocycles. The molecule has 4 atom stereocenters. The average Bonchev–Trinajstić information content (AvgIpc) is 3.72. The molecule has 0 unspecified atom stereocenters. The van der Waals surface area contributed by atoms with Crippen LogP contribution in [0.5, 0.6) is 11.8 Å². The minimum absolute atomic E-state index is 0. The van der Waals surface area contributed by atoms with E-state index in [9.17, 15) is 0 Å². The first-order chi connectivity index (χ1) is 18.3. The van der Waals surface area contributed by atoms with Crippen LogP contribution in [-0.4, -0.2) is 16.8 Å². The monoisotopic (exact) mass is 560 g/mol. The summed E-state index contributed by atoms with van der Waals surface area (Å²) in [5, 5.41) is 0. The SMILES string of the molecule is [Br-].c1ccc(-c2cccc3c2[C@@H]2[C@H](C3)Oc3c4[n+](cn32)[C@@H]2c3c(cccc3-c3ccccc3)C[C@@H]2O4)cc1. The fourth-order valence-corrected chi connectivity index (χ4v) is 7.26. The van der Waals surface area contributed by atoms with E-state index in [0.717, 1.165) is 24.6 Å². The van der Waals surface area contributed by atoms with Crippen molar-refractivity contribution in [2.75, 3.05) is 0 Å². The maximum absolute atomic E-state index is 6.67. The van der Waals surface area contributed by atoms with Gasteiger partial charge in [-0.1, -0.05) is 97.1 Å². The van der Waals surface area contributed by atoms with Crippen LogP contribution in [0.4, 0.5) is 0 Å². The van der Waals surface area contributed by atoms with Gasteiger partial charge in [0.05, 0.1) is 0 Å². The molecular weight excluding hydrogens is 536 g/mol. The van der Waals surface area contributed by atoms with Gasteiger partial charge in [0, 0.05) is 24.0 Å². The van der Waals surface area contributed by atoms with Gasteiger partial charge < -0.3 is 26.5 Å². The molecule has 186 valence electrons. The summed E-state index contributed by atoms with van der Waals surface area (Å²) < 4.78 is 18.0. The van der Waals surface area contributed by atoms with Gasteiger partial charge in [-0.3, -0.25) is 0 Å². The van der Waals surface area contributed by atoms with Crippen LogP contribution >= 0.6 is 0 Å². The lowest BCUT2D eigenvalue weighted by atomic mass is 9.94. The predicted octanol–water partition coefficient (Wildman–Crippen LogP) is 2.93. The number of aromatic nitrogens is 2. The number of imidazole rings is 1. The highest BCUT2D eigenvalue weighted by Gasteiger charge is 2.56. The zero-order valence-corrected chi connectivity index (χ0v) is 22.2. The summed E-state index contributed by atoms with van der Waals surface area (Å²) in [6.45, 7) is 0. The molecule has 0 saturated heterocycles. The molecule has 4 nitrogen and oxygen atoms in total. The molecule has 4 aromatic carbocycles. The molecule has 2 aliphatic heterocycles. The van der Waals surface area contributed by atoms with E-state index < -0.39 is 0 Å². The van der Waals surface area contributed by atoms with Gasteiger partial charge in [0.1, 0.15) is 0 Å². The largest absolute Gasteiger partial charge is 1.00 e. The number of hydrogen-bond acceptors (Lipinski definition) is 2. The molecule has 38 heavy (non-hydrogen) atoms. The summed E-state index contributed by atoms with van der Waals surface area (Å²) in [4.78, 5) is 0. The van der Waals surface area contributed by atoms with Crippen LogP contribution < -0.4 is 31.0 Å². The second-order valence-electron chi connectivity index (χ2n) is 10.6. The van der Waals surface area contributed by atoms with Crippen molar-refractivity contribution in [1.29, 1.82) is 0 Å². The van der Waals surface area contributed by atoms with E-state index >= 15 is 0 Å². The van der Waals surface area contributed by atoms with E-state index in [1.165, 1.54) is 44.5 Å². The van der Waals surface area contributed by atoms with Gasteiger partial charge in [0.15, 0.2) is 24.3 Å². The van der Waals surface area contributed by atoms with Crippen LogP contribution in [0.3, 0.4) is 0 Å². The van der Waals surface area contributed by atoms with E-state index in [4.69, 9.17) is 9.47 Å². The third kappa shape index (κ3) is 2.88. The number of fused-ring (bicyclic) bond motifs is 11. The Bertz CT molecular complexity index is 1590. The van der Waals surface area contributed by atoms with Crippen molar-refractivity contribution in [3.05, 3.63) is 126 Å². The van der Waals surface area contributed by atoms with E-state index in [1.54, 1.807) is 0 Å². The molecule has 5 aromatic rings. The molecule has 4 aliphatic rings. The zero-order chi connectivity index (χ0) is 24.1. The van der Waals surface area contributed by atoms with Crippen molar-refractivity contribution in [3.8, 4) is 34.0 Å². The summed E-state index contributed by atoms with van der Waals surface area (Å²) in [6, 6.07) is 35.2. The predicted molar refractivity (Wildman–Crippen MR) is 141 cm³/mol. The van der Waals surface area contributed by atoms with E-state index in [-0.39, 0.29) is 41.3 Å². The van der Waals surface area contributed by atoms with Gasteiger partial charge in [0.25, 0.3) is 6.33 Å². The van der Waals surface area contributed by atoms with Gasteiger partial charge in [-0.25, -0.2) is 0 Å². The summed E-state index contributed by atoms with van der Waals surface area (Å²) in [7, 11) is 0. The Morgan fingerprint density at radius 3 is 1.92 bits per heavy atom. The molecule has 1 aromatic heterocycles. The summed E-state index contributed by atoms with van der Waals surface area (Å²) in [5.74, 6) is 1.77. The fraction of sp³-hybridized carbons (Fsp3) is 0.182. The Morgan fingerprint density at radius 1 is 0.632 bits per heavy atom. The first-order valence-electron chi connectivity index (χ1n) is 13.2. The van der Waals surface area contributed by atoms with Crippen LogP contribution in [0.25, 0.3) is 22.3 Å². The fourth-order valence-electron chi connectivity index (χ4n) is 7.26. The van der Waals surface area contributed by atoms with E-state index in [2.05, 4.69) is 113 Å². The number of ether oxygens (including phenoxy) is 2. The summed E-state index contributed by atoms with van der Waals surface area (Å²) >= 11 is 0. The Hall–Kier alpha value is -3.83. The maximum atomic E-state index is 6.67. The van der Waals surface area contributed by atoms with Crippen molar-refractivity contribution in [1.82, 2.24) is 4.57 Å². The van der Waals surface area contributed by atoms with Crippen molar-refractivity contribution in [3.63, 3.8) is 0 Å². The van der Waals surface area contributed by atoms with Crippen LogP contribution in [0, 0.1) is 0 Å². The normalized spacial score (nSPS) is 22.7. The Labute approximate surface area is 231 Å². The highest BCUT2D eigenvalue weighted by Crippen LogP contribution is 2.53. The number of rotatable bonds is 2.